The van der Waals surface area contributed by atoms with E-state index in [1.54, 1.807) is 0 Å². The lowest BCUT2D eigenvalue weighted by molar-refractivity contribution is -0.165. The number of carbonyl (C=O) groups excluding carboxylic acids is 1. The van der Waals surface area contributed by atoms with E-state index >= 15 is 0 Å². The average molecular weight is 334 g/mol. The Kier molecular flexibility index (Phi) is 4.74. The van der Waals surface area contributed by atoms with Gasteiger partial charge < -0.3 is 4.90 Å². The minimum absolute atomic E-state index is 0.150. The van der Waals surface area contributed by atoms with Gasteiger partial charge in [0.2, 0.25) is 5.91 Å². The predicted molar refractivity (Wildman–Crippen MR) is 69.3 cm³/mol. The van der Waals surface area contributed by atoms with Crippen molar-refractivity contribution in [3.63, 3.8) is 0 Å². The third kappa shape index (κ3) is 3.89. The summed E-state index contributed by atoms with van der Waals surface area (Å²) >= 11 is 0. The molecule has 1 amide bonds. The number of azide groups is 1. The molecular weight excluding hydrogens is 323 g/mol. The van der Waals surface area contributed by atoms with Crippen LogP contribution in [0.1, 0.15) is 17.9 Å². The van der Waals surface area contributed by atoms with E-state index in [1.807, 2.05) is 0 Å². The van der Waals surface area contributed by atoms with E-state index in [2.05, 4.69) is 10.0 Å². The Balaban J connectivity index is 2.35. The number of amides is 1. The van der Waals surface area contributed by atoms with Gasteiger partial charge in [-0.15, -0.1) is 0 Å². The number of halogens is 5. The van der Waals surface area contributed by atoms with Crippen molar-refractivity contribution < 1.29 is 26.7 Å². The highest BCUT2D eigenvalue weighted by Gasteiger charge is 2.41. The molecule has 0 aromatic heterocycles. The maximum atomic E-state index is 13.9. The average Bonchev–Trinajstić information content (AvgIpc) is 2.45. The molecular formula is C13H11F5N4O. The minimum atomic E-state index is -4.65. The predicted octanol–water partition coefficient (Wildman–Crippen LogP) is 3.52. The molecule has 2 unspecified atom stereocenters. The maximum absolute atomic E-state index is 13.9. The Bertz CT molecular complexity index is 656. The number of carbonyl (C=O) groups is 1. The van der Waals surface area contributed by atoms with E-state index in [9.17, 15) is 26.7 Å². The molecule has 1 heterocycles. The molecule has 0 aliphatic carbocycles. The summed E-state index contributed by atoms with van der Waals surface area (Å²) in [7, 11) is 0. The van der Waals surface area contributed by atoms with Crippen LogP contribution in [-0.2, 0) is 4.79 Å². The Morgan fingerprint density at radius 2 is 2.04 bits per heavy atom. The van der Waals surface area contributed by atoms with Crippen molar-refractivity contribution in [3.05, 3.63) is 45.8 Å². The van der Waals surface area contributed by atoms with E-state index in [-0.39, 0.29) is 12.0 Å². The number of nitrogens with zero attached hydrogens (tertiary/aromatic N) is 4. The summed E-state index contributed by atoms with van der Waals surface area (Å²) in [6, 6.07) is 1.95. The summed E-state index contributed by atoms with van der Waals surface area (Å²) in [4.78, 5) is 14.8. The maximum Gasteiger partial charge on any atom is 0.406 e. The quantitative estimate of drug-likeness (QED) is 0.361. The van der Waals surface area contributed by atoms with Gasteiger partial charge in [0, 0.05) is 17.4 Å². The van der Waals surface area contributed by atoms with Crippen LogP contribution in [0.4, 0.5) is 22.0 Å². The molecule has 0 bridgehead atoms. The van der Waals surface area contributed by atoms with E-state index in [4.69, 9.17) is 5.53 Å². The molecule has 1 saturated heterocycles. The molecule has 1 aromatic carbocycles. The lowest BCUT2D eigenvalue weighted by Gasteiger charge is -2.36. The largest absolute Gasteiger partial charge is 0.406 e. The molecule has 1 aliphatic heterocycles. The normalized spacial score (nSPS) is 22.0. The van der Waals surface area contributed by atoms with Gasteiger partial charge in [0.25, 0.3) is 0 Å². The lowest BCUT2D eigenvalue weighted by atomic mass is 9.87. The van der Waals surface area contributed by atoms with Crippen LogP contribution in [0, 0.1) is 11.6 Å². The molecule has 2 rings (SSSR count). The van der Waals surface area contributed by atoms with Gasteiger partial charge in [0.05, 0.1) is 0 Å². The van der Waals surface area contributed by atoms with Gasteiger partial charge in [-0.1, -0.05) is 17.2 Å². The highest BCUT2D eigenvalue weighted by atomic mass is 19.4. The molecule has 0 radical (unpaired) electrons. The molecule has 2 atom stereocenters. The van der Waals surface area contributed by atoms with Crippen molar-refractivity contribution in [2.24, 2.45) is 5.11 Å². The van der Waals surface area contributed by atoms with Crippen molar-refractivity contribution in [2.75, 3.05) is 13.1 Å². The fourth-order valence-corrected chi connectivity index (χ4v) is 2.59. The molecule has 1 aliphatic rings. The van der Waals surface area contributed by atoms with E-state index in [1.165, 1.54) is 12.1 Å². The third-order valence-corrected chi connectivity index (χ3v) is 3.53. The van der Waals surface area contributed by atoms with Crippen LogP contribution in [-0.4, -0.2) is 36.1 Å². The molecule has 5 nitrogen and oxygen atoms in total. The zero-order valence-corrected chi connectivity index (χ0v) is 11.6. The fraction of sp³-hybridized carbons (Fsp3) is 0.462. The second-order valence-corrected chi connectivity index (χ2v) is 5.13. The second kappa shape index (κ2) is 6.41. The van der Waals surface area contributed by atoms with Gasteiger partial charge in [0.1, 0.15) is 12.6 Å². The third-order valence-electron chi connectivity index (χ3n) is 3.53. The number of piperidine rings is 1. The zero-order valence-electron chi connectivity index (χ0n) is 11.6. The molecule has 0 saturated carbocycles. The standard InChI is InChI=1S/C13H11F5N4O/c14-9-3-1-2-8(11(9)15)7-4-10(20-21-19)12(23)22(5-7)6-13(16,17)18/h1-3,7,10H,4-6H2. The Morgan fingerprint density at radius 3 is 2.65 bits per heavy atom. The molecule has 0 N–H and O–H groups in total. The first-order valence-corrected chi connectivity index (χ1v) is 6.56. The fourth-order valence-electron chi connectivity index (χ4n) is 2.59. The van der Waals surface area contributed by atoms with E-state index in [0.717, 1.165) is 6.07 Å². The first kappa shape index (κ1) is 17.0. The van der Waals surface area contributed by atoms with Crippen molar-refractivity contribution in [1.82, 2.24) is 4.90 Å². The van der Waals surface area contributed by atoms with Gasteiger partial charge in [-0.25, -0.2) is 8.78 Å². The SMILES string of the molecule is [N-]=[N+]=NC1CC(c2cccc(F)c2F)CN(CC(F)(F)F)C1=O. The number of benzene rings is 1. The summed E-state index contributed by atoms with van der Waals surface area (Å²) in [5.41, 5.74) is 8.29. The second-order valence-electron chi connectivity index (χ2n) is 5.13. The molecule has 1 fully saturated rings. The van der Waals surface area contributed by atoms with Crippen molar-refractivity contribution in [3.8, 4) is 0 Å². The van der Waals surface area contributed by atoms with Crippen LogP contribution < -0.4 is 0 Å². The Labute approximate surface area is 127 Å². The monoisotopic (exact) mass is 334 g/mol. The van der Waals surface area contributed by atoms with Crippen LogP contribution in [0.3, 0.4) is 0 Å². The smallest absolute Gasteiger partial charge is 0.333 e. The summed E-state index contributed by atoms with van der Waals surface area (Å²) in [5, 5.41) is 3.18. The topological polar surface area (TPSA) is 69.1 Å². The number of hydrogen-bond acceptors (Lipinski definition) is 2. The van der Waals surface area contributed by atoms with Crippen LogP contribution in [0.2, 0.25) is 0 Å². The first-order valence-electron chi connectivity index (χ1n) is 6.56. The number of rotatable bonds is 3. The highest BCUT2D eigenvalue weighted by Crippen LogP contribution is 2.33. The molecule has 23 heavy (non-hydrogen) atoms. The lowest BCUT2D eigenvalue weighted by Crippen LogP contribution is -2.50. The van der Waals surface area contributed by atoms with Gasteiger partial charge in [-0.3, -0.25) is 4.79 Å². The van der Waals surface area contributed by atoms with Crippen molar-refractivity contribution >= 4 is 5.91 Å². The van der Waals surface area contributed by atoms with Crippen LogP contribution in [0.5, 0.6) is 0 Å². The van der Waals surface area contributed by atoms with E-state index < -0.39 is 48.8 Å². The Hall–Kier alpha value is -2.35. The molecule has 124 valence electrons. The van der Waals surface area contributed by atoms with Gasteiger partial charge >= 0.3 is 6.18 Å². The van der Waals surface area contributed by atoms with Crippen molar-refractivity contribution in [2.45, 2.75) is 24.6 Å². The molecule has 1 aromatic rings. The summed E-state index contributed by atoms with van der Waals surface area (Å²) in [5.74, 6) is -4.20. The number of hydrogen-bond donors (Lipinski definition) is 0. The molecule has 0 spiro atoms. The highest BCUT2D eigenvalue weighted by molar-refractivity contribution is 5.83. The summed E-state index contributed by atoms with van der Waals surface area (Å²) in [6.07, 6.45) is -4.84. The van der Waals surface area contributed by atoms with Crippen LogP contribution in [0.15, 0.2) is 23.3 Å². The van der Waals surface area contributed by atoms with Gasteiger partial charge in [-0.2, -0.15) is 13.2 Å². The summed E-state index contributed by atoms with van der Waals surface area (Å²) in [6.45, 7) is -1.98. The number of alkyl halides is 3. The zero-order chi connectivity index (χ0) is 17.2. The Morgan fingerprint density at radius 1 is 1.35 bits per heavy atom. The summed E-state index contributed by atoms with van der Waals surface area (Å²) < 4.78 is 64.9. The van der Waals surface area contributed by atoms with Gasteiger partial charge in [0.15, 0.2) is 11.6 Å². The first-order chi connectivity index (χ1) is 10.7. The van der Waals surface area contributed by atoms with Gasteiger partial charge in [-0.05, 0) is 23.6 Å². The minimum Gasteiger partial charge on any atom is -0.333 e. The molecule has 10 heteroatoms. The van der Waals surface area contributed by atoms with Crippen LogP contribution in [0.25, 0.3) is 10.4 Å². The van der Waals surface area contributed by atoms with E-state index in [0.29, 0.717) is 4.90 Å². The van der Waals surface area contributed by atoms with Crippen LogP contribution >= 0.6 is 0 Å². The number of likely N-dealkylation sites (tertiary alicyclic amines) is 1. The van der Waals surface area contributed by atoms with Crippen molar-refractivity contribution in [1.29, 1.82) is 0 Å².